The molecule has 0 aliphatic heterocycles. The van der Waals surface area contributed by atoms with Crippen LogP contribution in [0.3, 0.4) is 0 Å². The van der Waals surface area contributed by atoms with Crippen molar-refractivity contribution in [1.82, 2.24) is 15.3 Å². The van der Waals surface area contributed by atoms with Gasteiger partial charge >= 0.3 is 11.9 Å². The van der Waals surface area contributed by atoms with Crippen molar-refractivity contribution in [1.29, 1.82) is 0 Å². The van der Waals surface area contributed by atoms with E-state index in [-0.39, 0.29) is 24.4 Å². The van der Waals surface area contributed by atoms with Crippen LogP contribution >= 0.6 is 12.2 Å². The van der Waals surface area contributed by atoms with E-state index in [1.807, 2.05) is 23.1 Å². The number of carboxylic acids is 2. The number of benzene rings is 2. The average Bonchev–Trinajstić information content (AvgIpc) is 2.81. The van der Waals surface area contributed by atoms with Gasteiger partial charge in [0.25, 0.3) is 5.91 Å². The lowest BCUT2D eigenvalue weighted by atomic mass is 10.1. The zero-order chi connectivity index (χ0) is 25.5. The number of hydrogen-bond donors (Lipinski definition) is 5. The van der Waals surface area contributed by atoms with E-state index in [4.69, 9.17) is 29.5 Å². The molecule has 0 fully saturated rings. The van der Waals surface area contributed by atoms with Crippen molar-refractivity contribution in [2.24, 2.45) is 0 Å². The fraction of sp³-hybridized carbons (Fsp3) is 0.208. The van der Waals surface area contributed by atoms with Gasteiger partial charge < -0.3 is 31.1 Å². The molecular weight excluding hydrogens is 470 g/mol. The summed E-state index contributed by atoms with van der Waals surface area (Å²) in [5.74, 6) is -0.200. The number of rotatable bonds is 10. The molecule has 1 atom stereocenters. The number of nitrogen functional groups attached to an aromatic ring is 1. The van der Waals surface area contributed by atoms with Gasteiger partial charge in [-0.15, -0.1) is 6.42 Å². The lowest BCUT2D eigenvalue weighted by Crippen LogP contribution is -2.41. The number of amides is 1. The lowest BCUT2D eigenvalue weighted by molar-refractivity contribution is -0.140. The number of terminal acetylenes is 1. The van der Waals surface area contributed by atoms with E-state index in [2.05, 4.69) is 21.2 Å². The minimum atomic E-state index is -1.31. The molecule has 3 aromatic rings. The summed E-state index contributed by atoms with van der Waals surface area (Å²) in [5, 5.41) is 21.1. The van der Waals surface area contributed by atoms with Crippen LogP contribution in [0.2, 0.25) is 0 Å². The van der Waals surface area contributed by atoms with Crippen LogP contribution in [0.25, 0.3) is 10.9 Å². The third-order valence-electron chi connectivity index (χ3n) is 5.20. The van der Waals surface area contributed by atoms with Gasteiger partial charge in [0.1, 0.15) is 10.7 Å². The Morgan fingerprint density at radius 2 is 1.91 bits per heavy atom. The molecule has 35 heavy (non-hydrogen) atoms. The van der Waals surface area contributed by atoms with Crippen molar-refractivity contribution in [3.8, 4) is 12.3 Å². The largest absolute Gasteiger partial charge is 0.481 e. The van der Waals surface area contributed by atoms with Gasteiger partial charge in [-0.2, -0.15) is 0 Å². The monoisotopic (exact) mass is 493 g/mol. The molecule has 1 aromatic heterocycles. The Balaban J connectivity index is 1.76. The minimum Gasteiger partial charge on any atom is -0.481 e. The summed E-state index contributed by atoms with van der Waals surface area (Å²) in [6.07, 6.45) is 4.97. The summed E-state index contributed by atoms with van der Waals surface area (Å²) in [6, 6.07) is 10.9. The molecule has 180 valence electrons. The van der Waals surface area contributed by atoms with Crippen LogP contribution in [0.1, 0.15) is 28.8 Å². The second-order valence-electron chi connectivity index (χ2n) is 7.71. The average molecular weight is 494 g/mol. The quantitative estimate of drug-likeness (QED) is 0.211. The molecule has 0 unspecified atom stereocenters. The Kier molecular flexibility index (Phi) is 8.01. The number of nitrogens with zero attached hydrogens (tertiary/aromatic N) is 2. The Morgan fingerprint density at radius 1 is 1.20 bits per heavy atom. The van der Waals surface area contributed by atoms with Crippen molar-refractivity contribution in [2.75, 3.05) is 17.2 Å². The van der Waals surface area contributed by atoms with Crippen molar-refractivity contribution < 1.29 is 24.6 Å². The van der Waals surface area contributed by atoms with E-state index in [1.165, 1.54) is 0 Å². The van der Waals surface area contributed by atoms with Gasteiger partial charge in [0.2, 0.25) is 0 Å². The number of hydrogen-bond acceptors (Lipinski definition) is 7. The number of aromatic amines is 1. The highest BCUT2D eigenvalue weighted by atomic mass is 32.1. The topological polar surface area (TPSA) is 162 Å². The Bertz CT molecular complexity index is 1360. The summed E-state index contributed by atoms with van der Waals surface area (Å²) in [4.78, 5) is 43.5. The number of aliphatic carboxylic acids is 2. The highest BCUT2D eigenvalue weighted by Crippen LogP contribution is 2.21. The van der Waals surface area contributed by atoms with E-state index in [9.17, 15) is 19.5 Å². The zero-order valence-electron chi connectivity index (χ0n) is 18.5. The van der Waals surface area contributed by atoms with Crippen molar-refractivity contribution in [3.05, 3.63) is 58.2 Å². The Morgan fingerprint density at radius 3 is 2.54 bits per heavy atom. The molecule has 6 N–H and O–H groups in total. The second kappa shape index (κ2) is 11.1. The molecule has 0 radical (unpaired) electrons. The van der Waals surface area contributed by atoms with Crippen molar-refractivity contribution >= 4 is 52.6 Å². The number of H-pyrrole nitrogens is 1. The van der Waals surface area contributed by atoms with E-state index < -0.39 is 23.9 Å². The summed E-state index contributed by atoms with van der Waals surface area (Å²) >= 11 is 5.31. The maximum absolute atomic E-state index is 12.5. The molecule has 0 saturated carbocycles. The normalized spacial score (nSPS) is 11.4. The van der Waals surface area contributed by atoms with Gasteiger partial charge in [0, 0.05) is 29.6 Å². The van der Waals surface area contributed by atoms with Crippen LogP contribution in [-0.2, 0) is 16.1 Å². The van der Waals surface area contributed by atoms with Crippen LogP contribution in [0.4, 0.5) is 11.6 Å². The summed E-state index contributed by atoms with van der Waals surface area (Å²) < 4.78 is 0.389. The highest BCUT2D eigenvalue weighted by molar-refractivity contribution is 7.71. The lowest BCUT2D eigenvalue weighted by Gasteiger charge is -2.23. The van der Waals surface area contributed by atoms with Crippen LogP contribution in [0, 0.1) is 17.0 Å². The molecule has 10 nitrogen and oxygen atoms in total. The SMILES string of the molecule is C#CCN(Cc1ccc2[nH]c(N)nc(=S)c2c1)c1ccc(C(=O)N[C@@H](CCC(=O)O)C(=O)O)cc1. The van der Waals surface area contributed by atoms with E-state index in [1.54, 1.807) is 24.3 Å². The van der Waals surface area contributed by atoms with Gasteiger partial charge in [-0.3, -0.25) is 9.59 Å². The standard InChI is InChI=1S/C24H23N5O5S/c1-2-11-29(13-14-3-8-18-17(12-14)22(35)28-24(25)27-18)16-6-4-15(5-7-16)21(32)26-19(23(33)34)9-10-20(30)31/h1,3-8,12,19H,9-11,13H2,(H,26,32)(H,30,31)(H,33,34)(H3,25,27,28,35)/t19-/m0/s1. The van der Waals surface area contributed by atoms with Gasteiger partial charge in [-0.1, -0.05) is 24.2 Å². The van der Waals surface area contributed by atoms with E-state index >= 15 is 0 Å². The molecule has 0 spiro atoms. The van der Waals surface area contributed by atoms with Gasteiger partial charge in [-0.05, 0) is 48.4 Å². The predicted molar refractivity (Wildman–Crippen MR) is 133 cm³/mol. The van der Waals surface area contributed by atoms with Gasteiger partial charge in [0.15, 0.2) is 5.95 Å². The number of fused-ring (bicyclic) bond motifs is 1. The molecule has 0 bridgehead atoms. The molecule has 11 heteroatoms. The molecule has 0 aliphatic rings. The number of nitrogens with one attached hydrogen (secondary N) is 2. The smallest absolute Gasteiger partial charge is 0.326 e. The highest BCUT2D eigenvalue weighted by Gasteiger charge is 2.21. The molecule has 1 amide bonds. The predicted octanol–water partition coefficient (Wildman–Crippen LogP) is 2.56. The number of carbonyl (C=O) groups excluding carboxylic acids is 1. The number of nitrogens with two attached hydrogens (primary N) is 1. The Hall–Kier alpha value is -4.43. The molecule has 2 aromatic carbocycles. The molecule has 1 heterocycles. The molecule has 3 rings (SSSR count). The van der Waals surface area contributed by atoms with Crippen LogP contribution in [0.5, 0.6) is 0 Å². The summed E-state index contributed by atoms with van der Waals surface area (Å²) in [5.41, 5.74) is 8.40. The zero-order valence-corrected chi connectivity index (χ0v) is 19.3. The fourth-order valence-corrected chi connectivity index (χ4v) is 3.74. The number of aromatic nitrogens is 2. The second-order valence-corrected chi connectivity index (χ2v) is 8.10. The molecular formula is C24H23N5O5S. The number of carbonyl (C=O) groups is 3. The summed E-state index contributed by atoms with van der Waals surface area (Å²) in [6.45, 7) is 0.758. The van der Waals surface area contributed by atoms with Crippen LogP contribution < -0.4 is 16.0 Å². The third kappa shape index (κ3) is 6.55. The molecule has 0 saturated heterocycles. The first-order valence-electron chi connectivity index (χ1n) is 10.5. The van der Waals surface area contributed by atoms with Crippen LogP contribution in [0.15, 0.2) is 42.5 Å². The maximum atomic E-state index is 12.5. The Labute approximate surface area is 205 Å². The molecule has 0 aliphatic carbocycles. The van der Waals surface area contributed by atoms with E-state index in [0.29, 0.717) is 17.7 Å². The van der Waals surface area contributed by atoms with Crippen molar-refractivity contribution in [2.45, 2.75) is 25.4 Å². The first kappa shape index (κ1) is 25.2. The maximum Gasteiger partial charge on any atom is 0.326 e. The fourth-order valence-electron chi connectivity index (χ4n) is 3.47. The number of anilines is 2. The van der Waals surface area contributed by atoms with Crippen LogP contribution in [-0.4, -0.2) is 50.6 Å². The summed E-state index contributed by atoms with van der Waals surface area (Å²) in [7, 11) is 0. The minimum absolute atomic E-state index is 0.220. The first-order valence-corrected chi connectivity index (χ1v) is 10.9. The van der Waals surface area contributed by atoms with E-state index in [0.717, 1.165) is 22.2 Å². The third-order valence-corrected chi connectivity index (χ3v) is 5.51. The number of carboxylic acid groups (broad SMARTS) is 2. The van der Waals surface area contributed by atoms with Gasteiger partial charge in [-0.25, -0.2) is 9.78 Å². The van der Waals surface area contributed by atoms with Gasteiger partial charge in [0.05, 0.1) is 12.1 Å². The van der Waals surface area contributed by atoms with Crippen molar-refractivity contribution in [3.63, 3.8) is 0 Å². The first-order chi connectivity index (χ1) is 16.7.